The largest absolute Gasteiger partial charge is 0.493 e. The van der Waals surface area contributed by atoms with E-state index in [1.807, 2.05) is 0 Å². The lowest BCUT2D eigenvalue weighted by Crippen LogP contribution is -2.47. The summed E-state index contributed by atoms with van der Waals surface area (Å²) in [6, 6.07) is 4.94. The number of amides is 1. The van der Waals surface area contributed by atoms with Crippen LogP contribution in [-0.4, -0.2) is 41.7 Å². The molecule has 0 bridgehead atoms. The van der Waals surface area contributed by atoms with Crippen LogP contribution in [0.25, 0.3) is 0 Å². The maximum Gasteiger partial charge on any atom is 0.226 e. The standard InChI is InChI=1S/C14H19Cl2NO3/c1-14(2,9-18)17(3)13(19)6-7-20-10-4-5-11(15)12(16)8-10/h4-5,8,18H,6-7,9H2,1-3H3. The molecule has 1 N–H and O–H groups in total. The number of nitrogens with zero attached hydrogens (tertiary/aromatic N) is 1. The molecule has 0 fully saturated rings. The monoisotopic (exact) mass is 319 g/mol. The first kappa shape index (κ1) is 17.1. The Balaban J connectivity index is 2.48. The minimum Gasteiger partial charge on any atom is -0.493 e. The summed E-state index contributed by atoms with van der Waals surface area (Å²) in [6.45, 7) is 3.74. The summed E-state index contributed by atoms with van der Waals surface area (Å²) < 4.78 is 5.46. The average Bonchev–Trinajstić information content (AvgIpc) is 2.41. The van der Waals surface area contributed by atoms with Gasteiger partial charge in [-0.3, -0.25) is 4.79 Å². The third kappa shape index (κ3) is 4.54. The maximum atomic E-state index is 11.9. The molecule has 0 aliphatic rings. The first-order valence-electron chi connectivity index (χ1n) is 6.23. The Hall–Kier alpha value is -0.970. The van der Waals surface area contributed by atoms with Crippen molar-refractivity contribution in [2.75, 3.05) is 20.3 Å². The summed E-state index contributed by atoms with van der Waals surface area (Å²) in [4.78, 5) is 13.5. The second kappa shape index (κ2) is 7.16. The van der Waals surface area contributed by atoms with E-state index in [0.717, 1.165) is 0 Å². The van der Waals surface area contributed by atoms with Crippen LogP contribution >= 0.6 is 23.2 Å². The molecule has 0 heterocycles. The molecule has 4 nitrogen and oxygen atoms in total. The molecular formula is C14H19Cl2NO3. The molecule has 1 amide bonds. The summed E-state index contributed by atoms with van der Waals surface area (Å²) in [5.74, 6) is 0.473. The van der Waals surface area contributed by atoms with Crippen molar-refractivity contribution in [2.24, 2.45) is 0 Å². The van der Waals surface area contributed by atoms with Crippen molar-refractivity contribution < 1.29 is 14.6 Å². The number of hydrogen-bond donors (Lipinski definition) is 1. The van der Waals surface area contributed by atoms with E-state index in [1.165, 1.54) is 4.90 Å². The minimum absolute atomic E-state index is 0.0934. The van der Waals surface area contributed by atoms with E-state index in [4.69, 9.17) is 27.9 Å². The molecule has 0 saturated carbocycles. The summed E-state index contributed by atoms with van der Waals surface area (Å²) in [5, 5.41) is 10.1. The summed E-state index contributed by atoms with van der Waals surface area (Å²) in [6.07, 6.45) is 0.222. The predicted molar refractivity (Wildman–Crippen MR) is 80.5 cm³/mol. The number of carbonyl (C=O) groups excluding carboxylic acids is 1. The van der Waals surface area contributed by atoms with E-state index in [1.54, 1.807) is 39.1 Å². The third-order valence-electron chi connectivity index (χ3n) is 3.14. The van der Waals surface area contributed by atoms with Gasteiger partial charge in [-0.15, -0.1) is 0 Å². The number of likely N-dealkylation sites (N-methyl/N-ethyl adjacent to an activating group) is 1. The van der Waals surface area contributed by atoms with Gasteiger partial charge in [-0.2, -0.15) is 0 Å². The number of carbonyl (C=O) groups is 1. The highest BCUT2D eigenvalue weighted by Crippen LogP contribution is 2.26. The molecule has 112 valence electrons. The smallest absolute Gasteiger partial charge is 0.226 e. The van der Waals surface area contributed by atoms with Crippen LogP contribution < -0.4 is 4.74 Å². The van der Waals surface area contributed by atoms with Gasteiger partial charge in [0.25, 0.3) is 0 Å². The van der Waals surface area contributed by atoms with Gasteiger partial charge in [0.2, 0.25) is 5.91 Å². The minimum atomic E-state index is -0.583. The van der Waals surface area contributed by atoms with E-state index < -0.39 is 5.54 Å². The van der Waals surface area contributed by atoms with E-state index in [-0.39, 0.29) is 25.5 Å². The third-order valence-corrected chi connectivity index (χ3v) is 3.88. The summed E-state index contributed by atoms with van der Waals surface area (Å²) >= 11 is 11.7. The van der Waals surface area contributed by atoms with Gasteiger partial charge in [-0.1, -0.05) is 23.2 Å². The Kier molecular flexibility index (Phi) is 6.11. The van der Waals surface area contributed by atoms with Crippen molar-refractivity contribution in [3.05, 3.63) is 28.2 Å². The molecule has 0 unspecified atom stereocenters. The van der Waals surface area contributed by atoms with Crippen molar-refractivity contribution in [1.29, 1.82) is 0 Å². The zero-order valence-corrected chi connectivity index (χ0v) is 13.3. The van der Waals surface area contributed by atoms with Gasteiger partial charge in [0.05, 0.1) is 35.2 Å². The molecule has 0 aromatic heterocycles. The fourth-order valence-corrected chi connectivity index (χ4v) is 1.72. The van der Waals surface area contributed by atoms with Crippen LogP contribution in [0.1, 0.15) is 20.3 Å². The highest BCUT2D eigenvalue weighted by atomic mass is 35.5. The van der Waals surface area contributed by atoms with Crippen LogP contribution in [0.4, 0.5) is 0 Å². The summed E-state index contributed by atoms with van der Waals surface area (Å²) in [5.41, 5.74) is -0.583. The molecule has 6 heteroatoms. The van der Waals surface area contributed by atoms with Crippen molar-refractivity contribution >= 4 is 29.1 Å². The van der Waals surface area contributed by atoms with E-state index in [0.29, 0.717) is 15.8 Å². The second-order valence-electron chi connectivity index (χ2n) is 5.10. The van der Waals surface area contributed by atoms with Gasteiger partial charge in [0, 0.05) is 13.1 Å². The normalized spacial score (nSPS) is 11.3. The molecule has 20 heavy (non-hydrogen) atoms. The van der Waals surface area contributed by atoms with E-state index in [9.17, 15) is 9.90 Å². The van der Waals surface area contributed by atoms with E-state index in [2.05, 4.69) is 0 Å². The number of halogens is 2. The number of aliphatic hydroxyl groups is 1. The van der Waals surface area contributed by atoms with Crippen LogP contribution in [0.2, 0.25) is 10.0 Å². The molecule has 0 atom stereocenters. The summed E-state index contributed by atoms with van der Waals surface area (Å²) in [7, 11) is 1.66. The Morgan fingerprint density at radius 3 is 2.55 bits per heavy atom. The second-order valence-corrected chi connectivity index (χ2v) is 5.91. The van der Waals surface area contributed by atoms with E-state index >= 15 is 0 Å². The first-order chi connectivity index (χ1) is 9.27. The zero-order valence-electron chi connectivity index (χ0n) is 11.8. The molecule has 0 saturated heterocycles. The lowest BCUT2D eigenvalue weighted by atomic mass is 10.0. The first-order valence-corrected chi connectivity index (χ1v) is 6.99. The lowest BCUT2D eigenvalue weighted by Gasteiger charge is -2.34. The van der Waals surface area contributed by atoms with Gasteiger partial charge in [0.15, 0.2) is 0 Å². The molecule has 0 aliphatic heterocycles. The SMILES string of the molecule is CN(C(=O)CCOc1ccc(Cl)c(Cl)c1)C(C)(C)CO. The number of benzene rings is 1. The Morgan fingerprint density at radius 2 is 2.00 bits per heavy atom. The quantitative estimate of drug-likeness (QED) is 0.877. The van der Waals surface area contributed by atoms with Crippen LogP contribution in [-0.2, 0) is 4.79 Å². The van der Waals surface area contributed by atoms with Crippen molar-refractivity contribution in [1.82, 2.24) is 4.90 Å². The molecule has 0 spiro atoms. The van der Waals surface area contributed by atoms with Crippen LogP contribution in [0.3, 0.4) is 0 Å². The Morgan fingerprint density at radius 1 is 1.35 bits per heavy atom. The molecule has 1 aromatic carbocycles. The molecule has 1 rings (SSSR count). The number of rotatable bonds is 6. The Bertz CT molecular complexity index is 477. The lowest BCUT2D eigenvalue weighted by molar-refractivity contribution is -0.136. The van der Waals surface area contributed by atoms with Gasteiger partial charge < -0.3 is 14.7 Å². The van der Waals surface area contributed by atoms with Gasteiger partial charge in [-0.05, 0) is 26.0 Å². The number of ether oxygens (including phenoxy) is 1. The van der Waals surface area contributed by atoms with Crippen LogP contribution in [0.5, 0.6) is 5.75 Å². The Labute approximate surface area is 129 Å². The fraction of sp³-hybridized carbons (Fsp3) is 0.500. The van der Waals surface area contributed by atoms with Crippen molar-refractivity contribution in [3.8, 4) is 5.75 Å². The van der Waals surface area contributed by atoms with Crippen LogP contribution in [0.15, 0.2) is 18.2 Å². The number of aliphatic hydroxyl groups excluding tert-OH is 1. The van der Waals surface area contributed by atoms with Gasteiger partial charge in [0.1, 0.15) is 5.75 Å². The highest BCUT2D eigenvalue weighted by molar-refractivity contribution is 6.42. The maximum absolute atomic E-state index is 11.9. The van der Waals surface area contributed by atoms with Gasteiger partial charge in [-0.25, -0.2) is 0 Å². The highest BCUT2D eigenvalue weighted by Gasteiger charge is 2.26. The topological polar surface area (TPSA) is 49.8 Å². The molecule has 0 aliphatic carbocycles. The molecular weight excluding hydrogens is 301 g/mol. The molecule has 1 aromatic rings. The van der Waals surface area contributed by atoms with Crippen LogP contribution in [0, 0.1) is 0 Å². The fourth-order valence-electron chi connectivity index (χ4n) is 1.43. The average molecular weight is 320 g/mol. The molecule has 0 radical (unpaired) electrons. The number of hydrogen-bond acceptors (Lipinski definition) is 3. The van der Waals surface area contributed by atoms with Crippen molar-refractivity contribution in [2.45, 2.75) is 25.8 Å². The van der Waals surface area contributed by atoms with Gasteiger partial charge >= 0.3 is 0 Å². The predicted octanol–water partition coefficient (Wildman–Crippen LogP) is 2.99. The zero-order chi connectivity index (χ0) is 15.3. The van der Waals surface area contributed by atoms with Crippen molar-refractivity contribution in [3.63, 3.8) is 0 Å².